The molecule has 18 heavy (non-hydrogen) atoms. The van der Waals surface area contributed by atoms with Gasteiger partial charge in [-0.3, -0.25) is 10.1 Å². The molecule has 94 valence electrons. The van der Waals surface area contributed by atoms with Gasteiger partial charge >= 0.3 is 0 Å². The Morgan fingerprint density at radius 3 is 2.72 bits per heavy atom. The highest BCUT2D eigenvalue weighted by Crippen LogP contribution is 2.15. The molecule has 0 spiro atoms. The summed E-state index contributed by atoms with van der Waals surface area (Å²) >= 11 is 1.57. The first-order valence-electron chi connectivity index (χ1n) is 5.51. The van der Waals surface area contributed by atoms with Crippen molar-refractivity contribution in [3.05, 3.63) is 56.5 Å². The molecule has 1 N–H and O–H groups in total. The molecule has 0 bridgehead atoms. The molecule has 1 aromatic carbocycles. The van der Waals surface area contributed by atoms with E-state index in [-0.39, 0.29) is 11.7 Å². The zero-order chi connectivity index (χ0) is 13.0. The first-order chi connectivity index (χ1) is 8.66. The van der Waals surface area contributed by atoms with Crippen LogP contribution in [0.4, 0.5) is 5.69 Å². The van der Waals surface area contributed by atoms with Gasteiger partial charge in [0, 0.05) is 30.1 Å². The van der Waals surface area contributed by atoms with E-state index in [1.807, 2.05) is 12.3 Å². The Morgan fingerprint density at radius 1 is 1.44 bits per heavy atom. The van der Waals surface area contributed by atoms with E-state index in [2.05, 4.69) is 10.3 Å². The van der Waals surface area contributed by atoms with E-state index in [1.165, 1.54) is 12.1 Å². The summed E-state index contributed by atoms with van der Waals surface area (Å²) in [5.74, 6) is 0. The number of aromatic nitrogens is 1. The Labute approximate surface area is 109 Å². The van der Waals surface area contributed by atoms with Crippen LogP contribution in [0, 0.1) is 10.1 Å². The minimum Gasteiger partial charge on any atom is -0.305 e. The molecule has 2 aromatic rings. The monoisotopic (exact) mass is 263 g/mol. The fraction of sp³-hybridized carbons (Fsp3) is 0.250. The van der Waals surface area contributed by atoms with Crippen LogP contribution in [-0.2, 0) is 6.54 Å². The van der Waals surface area contributed by atoms with Crippen LogP contribution in [0.3, 0.4) is 0 Å². The summed E-state index contributed by atoms with van der Waals surface area (Å²) in [5.41, 5.74) is 3.95. The first-order valence-corrected chi connectivity index (χ1v) is 6.46. The Morgan fingerprint density at radius 2 is 2.17 bits per heavy atom. The van der Waals surface area contributed by atoms with Crippen molar-refractivity contribution in [2.24, 2.45) is 0 Å². The third kappa shape index (κ3) is 3.12. The van der Waals surface area contributed by atoms with Gasteiger partial charge in [0.05, 0.1) is 16.1 Å². The molecule has 1 heterocycles. The van der Waals surface area contributed by atoms with Crippen molar-refractivity contribution in [1.29, 1.82) is 0 Å². The van der Waals surface area contributed by atoms with Crippen LogP contribution in [-0.4, -0.2) is 9.91 Å². The SMILES string of the molecule is CC(NCc1ccc([N+](=O)[O-])cc1)c1cscn1. The van der Waals surface area contributed by atoms with E-state index in [1.54, 1.807) is 29.0 Å². The lowest BCUT2D eigenvalue weighted by molar-refractivity contribution is -0.384. The molecular formula is C12H13N3O2S. The number of rotatable bonds is 5. The van der Waals surface area contributed by atoms with E-state index >= 15 is 0 Å². The number of hydrogen-bond donors (Lipinski definition) is 1. The summed E-state index contributed by atoms with van der Waals surface area (Å²) in [7, 11) is 0. The van der Waals surface area contributed by atoms with Crippen molar-refractivity contribution in [2.75, 3.05) is 0 Å². The van der Waals surface area contributed by atoms with E-state index < -0.39 is 4.92 Å². The maximum atomic E-state index is 10.5. The average Bonchev–Trinajstić information content (AvgIpc) is 2.90. The van der Waals surface area contributed by atoms with Gasteiger partial charge in [-0.25, -0.2) is 4.98 Å². The first kappa shape index (κ1) is 12.7. The molecule has 2 rings (SSSR count). The van der Waals surface area contributed by atoms with Crippen molar-refractivity contribution in [1.82, 2.24) is 10.3 Å². The molecule has 6 heteroatoms. The Bertz CT molecular complexity index is 511. The molecule has 1 unspecified atom stereocenters. The van der Waals surface area contributed by atoms with Gasteiger partial charge in [-0.2, -0.15) is 0 Å². The Balaban J connectivity index is 1.92. The maximum absolute atomic E-state index is 10.5. The summed E-state index contributed by atoms with van der Waals surface area (Å²) in [6.07, 6.45) is 0. The summed E-state index contributed by atoms with van der Waals surface area (Å²) in [5, 5.41) is 15.8. The third-order valence-corrected chi connectivity index (χ3v) is 3.26. The van der Waals surface area contributed by atoms with Gasteiger partial charge in [-0.15, -0.1) is 11.3 Å². The van der Waals surface area contributed by atoms with Crippen molar-refractivity contribution in [3.8, 4) is 0 Å². The van der Waals surface area contributed by atoms with E-state index in [4.69, 9.17) is 0 Å². The van der Waals surface area contributed by atoms with Gasteiger partial charge in [-0.1, -0.05) is 12.1 Å². The second-order valence-corrected chi connectivity index (χ2v) is 4.66. The molecule has 0 radical (unpaired) electrons. The fourth-order valence-electron chi connectivity index (χ4n) is 1.55. The third-order valence-electron chi connectivity index (χ3n) is 2.65. The highest BCUT2D eigenvalue weighted by atomic mass is 32.1. The lowest BCUT2D eigenvalue weighted by Gasteiger charge is -2.11. The number of benzene rings is 1. The second kappa shape index (κ2) is 5.70. The van der Waals surface area contributed by atoms with Crippen LogP contribution in [0.2, 0.25) is 0 Å². The van der Waals surface area contributed by atoms with Crippen molar-refractivity contribution < 1.29 is 4.92 Å². The number of nitrogens with one attached hydrogen (secondary N) is 1. The van der Waals surface area contributed by atoms with Crippen LogP contribution in [0.25, 0.3) is 0 Å². The van der Waals surface area contributed by atoms with Gasteiger partial charge in [0.1, 0.15) is 0 Å². The van der Waals surface area contributed by atoms with Crippen molar-refractivity contribution in [2.45, 2.75) is 19.5 Å². The molecule has 0 saturated carbocycles. The smallest absolute Gasteiger partial charge is 0.269 e. The zero-order valence-corrected chi connectivity index (χ0v) is 10.7. The molecule has 0 aliphatic carbocycles. The summed E-state index contributed by atoms with van der Waals surface area (Å²) in [6.45, 7) is 2.71. The predicted octanol–water partition coefficient (Wildman–Crippen LogP) is 2.90. The molecule has 1 atom stereocenters. The topological polar surface area (TPSA) is 68.1 Å². The van der Waals surface area contributed by atoms with Gasteiger partial charge in [0.15, 0.2) is 0 Å². The van der Waals surface area contributed by atoms with Crippen LogP contribution in [0.1, 0.15) is 24.2 Å². The summed E-state index contributed by atoms with van der Waals surface area (Å²) in [6, 6.07) is 6.73. The molecule has 0 aliphatic heterocycles. The molecule has 0 fully saturated rings. The van der Waals surface area contributed by atoms with Crippen molar-refractivity contribution >= 4 is 17.0 Å². The fourth-order valence-corrected chi connectivity index (χ4v) is 2.19. The van der Waals surface area contributed by atoms with E-state index in [9.17, 15) is 10.1 Å². The number of hydrogen-bond acceptors (Lipinski definition) is 5. The highest BCUT2D eigenvalue weighted by Gasteiger charge is 2.07. The normalized spacial score (nSPS) is 12.3. The van der Waals surface area contributed by atoms with Crippen LogP contribution >= 0.6 is 11.3 Å². The van der Waals surface area contributed by atoms with Crippen LogP contribution in [0.5, 0.6) is 0 Å². The zero-order valence-electron chi connectivity index (χ0n) is 9.87. The summed E-state index contributed by atoms with van der Waals surface area (Å²) < 4.78 is 0. The Hall–Kier alpha value is -1.79. The highest BCUT2D eigenvalue weighted by molar-refractivity contribution is 7.07. The molecular weight excluding hydrogens is 250 g/mol. The predicted molar refractivity (Wildman–Crippen MR) is 70.5 cm³/mol. The van der Waals surface area contributed by atoms with Gasteiger partial charge < -0.3 is 5.32 Å². The quantitative estimate of drug-likeness (QED) is 0.665. The number of nitro benzene ring substituents is 1. The largest absolute Gasteiger partial charge is 0.305 e. The minimum absolute atomic E-state index is 0.117. The molecule has 1 aromatic heterocycles. The molecule has 0 saturated heterocycles. The number of non-ortho nitro benzene ring substituents is 1. The molecule has 0 amide bonds. The second-order valence-electron chi connectivity index (χ2n) is 3.94. The lowest BCUT2D eigenvalue weighted by atomic mass is 10.2. The van der Waals surface area contributed by atoms with Crippen LogP contribution < -0.4 is 5.32 Å². The van der Waals surface area contributed by atoms with Gasteiger partial charge in [0.25, 0.3) is 5.69 Å². The Kier molecular flexibility index (Phi) is 4.01. The van der Waals surface area contributed by atoms with E-state index in [0.717, 1.165) is 11.3 Å². The minimum atomic E-state index is -0.394. The molecule has 0 aliphatic rings. The maximum Gasteiger partial charge on any atom is 0.269 e. The molecule has 5 nitrogen and oxygen atoms in total. The number of nitrogens with zero attached hydrogens (tertiary/aromatic N) is 2. The van der Waals surface area contributed by atoms with Crippen molar-refractivity contribution in [3.63, 3.8) is 0 Å². The number of nitro groups is 1. The lowest BCUT2D eigenvalue weighted by Crippen LogP contribution is -2.18. The van der Waals surface area contributed by atoms with Gasteiger partial charge in [-0.05, 0) is 12.5 Å². The number of thiazole rings is 1. The van der Waals surface area contributed by atoms with Gasteiger partial charge in [0.2, 0.25) is 0 Å². The van der Waals surface area contributed by atoms with Crippen LogP contribution in [0.15, 0.2) is 35.2 Å². The average molecular weight is 263 g/mol. The standard InChI is InChI=1S/C12H13N3O2S/c1-9(12-7-18-8-14-12)13-6-10-2-4-11(5-3-10)15(16)17/h2-5,7-9,13H,6H2,1H3. The summed E-state index contributed by atoms with van der Waals surface area (Å²) in [4.78, 5) is 14.4. The van der Waals surface area contributed by atoms with E-state index in [0.29, 0.717) is 6.54 Å².